The van der Waals surface area contributed by atoms with E-state index in [2.05, 4.69) is 28.0 Å². The van der Waals surface area contributed by atoms with Crippen LogP contribution >= 0.6 is 0 Å². The summed E-state index contributed by atoms with van der Waals surface area (Å²) in [6, 6.07) is 0.356. The molecule has 102 valence electrons. The Morgan fingerprint density at radius 2 is 2.33 bits per heavy atom. The summed E-state index contributed by atoms with van der Waals surface area (Å²) in [4.78, 5) is 4.50. The van der Waals surface area contributed by atoms with Crippen LogP contribution in [0, 0.1) is 0 Å². The van der Waals surface area contributed by atoms with Crippen LogP contribution in [0.15, 0.2) is 12.4 Å². The monoisotopic (exact) mass is 251 g/mol. The molecule has 1 N–H and O–H groups in total. The molecule has 1 heterocycles. The van der Waals surface area contributed by atoms with Crippen molar-refractivity contribution in [3.8, 4) is 0 Å². The number of imidazole rings is 1. The number of nitrogens with one attached hydrogen (secondary N) is 1. The summed E-state index contributed by atoms with van der Waals surface area (Å²) in [7, 11) is 3.86. The lowest BCUT2D eigenvalue weighted by Gasteiger charge is -2.46. The summed E-state index contributed by atoms with van der Waals surface area (Å²) in [5.74, 6) is 1.17. The Bertz CT molecular complexity index is 365. The van der Waals surface area contributed by atoms with Gasteiger partial charge < -0.3 is 14.6 Å². The Morgan fingerprint density at radius 3 is 2.83 bits per heavy atom. The highest BCUT2D eigenvalue weighted by Gasteiger charge is 2.44. The zero-order valence-corrected chi connectivity index (χ0v) is 11.8. The van der Waals surface area contributed by atoms with Gasteiger partial charge in [0.2, 0.25) is 0 Å². The topological polar surface area (TPSA) is 39.1 Å². The molecule has 0 spiro atoms. The van der Waals surface area contributed by atoms with Crippen molar-refractivity contribution < 1.29 is 4.74 Å². The molecule has 1 saturated carbocycles. The van der Waals surface area contributed by atoms with Crippen LogP contribution in [0.1, 0.15) is 38.4 Å². The van der Waals surface area contributed by atoms with Crippen molar-refractivity contribution >= 4 is 0 Å². The molecule has 4 heteroatoms. The number of likely N-dealkylation sites (N-methyl/N-ethyl adjacent to an activating group) is 1. The summed E-state index contributed by atoms with van der Waals surface area (Å²) >= 11 is 0. The Kier molecular flexibility index (Phi) is 4.40. The van der Waals surface area contributed by atoms with Crippen molar-refractivity contribution in [2.24, 2.45) is 0 Å². The molecule has 1 aliphatic rings. The Morgan fingerprint density at radius 1 is 1.56 bits per heavy atom. The van der Waals surface area contributed by atoms with Gasteiger partial charge in [-0.25, -0.2) is 4.98 Å². The zero-order chi connectivity index (χ0) is 13.0. The third-order valence-corrected chi connectivity index (χ3v) is 4.24. The molecule has 1 atom stereocenters. The third kappa shape index (κ3) is 2.45. The molecule has 0 aliphatic heterocycles. The van der Waals surface area contributed by atoms with Gasteiger partial charge in [0.15, 0.2) is 0 Å². The smallest absolute Gasteiger partial charge is 0.110 e. The van der Waals surface area contributed by atoms with Gasteiger partial charge in [-0.15, -0.1) is 0 Å². The highest BCUT2D eigenvalue weighted by atomic mass is 16.5. The number of aromatic nitrogens is 2. The van der Waals surface area contributed by atoms with E-state index in [9.17, 15) is 0 Å². The highest BCUT2D eigenvalue weighted by molar-refractivity contribution is 5.05. The van der Waals surface area contributed by atoms with Crippen LogP contribution in [-0.2, 0) is 17.7 Å². The second kappa shape index (κ2) is 5.85. The SMILES string of the molecule is CCCn1ccnc1CC(NC)C1(OC)CCC1. The van der Waals surface area contributed by atoms with Gasteiger partial charge in [0.25, 0.3) is 0 Å². The molecule has 1 aromatic rings. The first kappa shape index (κ1) is 13.6. The van der Waals surface area contributed by atoms with Crippen molar-refractivity contribution in [3.63, 3.8) is 0 Å². The number of hydrogen-bond acceptors (Lipinski definition) is 3. The zero-order valence-electron chi connectivity index (χ0n) is 11.8. The summed E-state index contributed by atoms with van der Waals surface area (Å²) in [5, 5.41) is 3.43. The van der Waals surface area contributed by atoms with Gasteiger partial charge in [-0.3, -0.25) is 0 Å². The second-order valence-corrected chi connectivity index (χ2v) is 5.20. The molecule has 18 heavy (non-hydrogen) atoms. The molecule has 1 aliphatic carbocycles. The maximum Gasteiger partial charge on any atom is 0.110 e. The average Bonchev–Trinajstić information content (AvgIpc) is 2.75. The van der Waals surface area contributed by atoms with E-state index in [-0.39, 0.29) is 5.60 Å². The van der Waals surface area contributed by atoms with E-state index in [1.54, 1.807) is 0 Å². The molecule has 2 rings (SSSR count). The molecule has 0 saturated heterocycles. The van der Waals surface area contributed by atoms with Crippen LogP contribution < -0.4 is 5.32 Å². The van der Waals surface area contributed by atoms with E-state index < -0.39 is 0 Å². The fourth-order valence-electron chi connectivity index (χ4n) is 2.93. The maximum atomic E-state index is 5.78. The van der Waals surface area contributed by atoms with Crippen LogP contribution in [0.2, 0.25) is 0 Å². The molecule has 1 unspecified atom stereocenters. The molecular weight excluding hydrogens is 226 g/mol. The van der Waals surface area contributed by atoms with Crippen molar-refractivity contribution in [2.45, 2.75) is 57.2 Å². The first-order chi connectivity index (χ1) is 8.75. The van der Waals surface area contributed by atoms with E-state index in [4.69, 9.17) is 4.74 Å². The molecule has 0 radical (unpaired) electrons. The first-order valence-electron chi connectivity index (χ1n) is 6.98. The predicted octanol–water partition coefficient (Wildman–Crippen LogP) is 1.99. The Hall–Kier alpha value is -0.870. The highest BCUT2D eigenvalue weighted by Crippen LogP contribution is 2.38. The van der Waals surface area contributed by atoms with Crippen LogP contribution in [0.5, 0.6) is 0 Å². The largest absolute Gasteiger partial charge is 0.377 e. The summed E-state index contributed by atoms with van der Waals surface area (Å²) < 4.78 is 8.03. The Balaban J connectivity index is 2.07. The van der Waals surface area contributed by atoms with Crippen LogP contribution in [-0.4, -0.2) is 35.4 Å². The number of rotatable bonds is 7. The van der Waals surface area contributed by atoms with Gasteiger partial charge >= 0.3 is 0 Å². The number of ether oxygens (including phenoxy) is 1. The summed E-state index contributed by atoms with van der Waals surface area (Å²) in [5.41, 5.74) is 0.0255. The van der Waals surface area contributed by atoms with Gasteiger partial charge in [-0.2, -0.15) is 0 Å². The van der Waals surface area contributed by atoms with Gasteiger partial charge in [0.1, 0.15) is 5.82 Å². The minimum atomic E-state index is 0.0255. The van der Waals surface area contributed by atoms with E-state index in [1.807, 2.05) is 20.4 Å². The number of aryl methyl sites for hydroxylation is 1. The molecular formula is C14H25N3O. The van der Waals surface area contributed by atoms with Gasteiger partial charge in [0, 0.05) is 38.5 Å². The fraction of sp³-hybridized carbons (Fsp3) is 0.786. The molecule has 1 aromatic heterocycles. The van der Waals surface area contributed by atoms with E-state index in [0.717, 1.165) is 32.2 Å². The summed E-state index contributed by atoms with van der Waals surface area (Å²) in [6.07, 6.45) is 9.65. The minimum Gasteiger partial charge on any atom is -0.377 e. The molecule has 0 aromatic carbocycles. The van der Waals surface area contributed by atoms with E-state index >= 15 is 0 Å². The lowest BCUT2D eigenvalue weighted by Crippen LogP contribution is -2.56. The second-order valence-electron chi connectivity index (χ2n) is 5.20. The standard InChI is InChI=1S/C14H25N3O/c1-4-9-17-10-8-16-13(17)11-12(15-2)14(18-3)6-5-7-14/h8,10,12,15H,4-7,9,11H2,1-3H3. The minimum absolute atomic E-state index is 0.0255. The van der Waals surface area contributed by atoms with Crippen molar-refractivity contribution in [3.05, 3.63) is 18.2 Å². The van der Waals surface area contributed by atoms with E-state index in [1.165, 1.54) is 12.2 Å². The van der Waals surface area contributed by atoms with Crippen LogP contribution in [0.3, 0.4) is 0 Å². The molecule has 0 bridgehead atoms. The fourth-order valence-corrected chi connectivity index (χ4v) is 2.93. The number of nitrogens with zero attached hydrogens (tertiary/aromatic N) is 2. The summed E-state index contributed by atoms with van der Waals surface area (Å²) in [6.45, 7) is 3.24. The molecule has 0 amide bonds. The lowest BCUT2D eigenvalue weighted by atomic mass is 9.73. The third-order valence-electron chi connectivity index (χ3n) is 4.24. The van der Waals surface area contributed by atoms with Crippen LogP contribution in [0.25, 0.3) is 0 Å². The molecule has 4 nitrogen and oxygen atoms in total. The van der Waals surface area contributed by atoms with Crippen LogP contribution in [0.4, 0.5) is 0 Å². The van der Waals surface area contributed by atoms with Gasteiger partial charge in [-0.05, 0) is 32.7 Å². The van der Waals surface area contributed by atoms with E-state index in [0.29, 0.717) is 6.04 Å². The maximum absolute atomic E-state index is 5.78. The average molecular weight is 251 g/mol. The number of hydrogen-bond donors (Lipinski definition) is 1. The van der Waals surface area contributed by atoms with Crippen molar-refractivity contribution in [2.75, 3.05) is 14.2 Å². The van der Waals surface area contributed by atoms with Crippen molar-refractivity contribution in [1.82, 2.24) is 14.9 Å². The normalized spacial score (nSPS) is 19.5. The molecule has 1 fully saturated rings. The quantitative estimate of drug-likeness (QED) is 0.805. The lowest BCUT2D eigenvalue weighted by molar-refractivity contribution is -0.0971. The number of methoxy groups -OCH3 is 1. The first-order valence-corrected chi connectivity index (χ1v) is 6.98. The van der Waals surface area contributed by atoms with Gasteiger partial charge in [0.05, 0.1) is 5.60 Å². The van der Waals surface area contributed by atoms with Crippen molar-refractivity contribution in [1.29, 1.82) is 0 Å². The predicted molar refractivity (Wildman–Crippen MR) is 72.7 cm³/mol. The Labute approximate surface area is 110 Å². The van der Waals surface area contributed by atoms with Gasteiger partial charge in [-0.1, -0.05) is 6.92 Å².